The molecule has 0 unspecified atom stereocenters. The average molecular weight is 486 g/mol. The number of benzene rings is 3. The molecule has 0 radical (unpaired) electrons. The number of nitrogens with one attached hydrogen (secondary N) is 1. The van der Waals surface area contributed by atoms with Crippen LogP contribution in [0, 0.1) is 0 Å². The lowest BCUT2D eigenvalue weighted by molar-refractivity contribution is -0.145. The third-order valence-electron chi connectivity index (χ3n) is 5.18. The normalized spacial score (nSPS) is 18.4. The number of esters is 1. The SMILES string of the molecule is CCOC(=O)CN1[C@H](c2ccccc2)c2cc(Br)ccc2N[C@@H]1c1ccc(Cl)cc1. The van der Waals surface area contributed by atoms with Crippen molar-refractivity contribution in [3.05, 3.63) is 99.0 Å². The maximum atomic E-state index is 12.6. The Balaban J connectivity index is 1.86. The smallest absolute Gasteiger partial charge is 0.320 e. The molecule has 0 saturated heterocycles. The monoisotopic (exact) mass is 484 g/mol. The molecule has 2 atom stereocenters. The molecule has 4 rings (SSSR count). The Morgan fingerprint density at radius 2 is 1.80 bits per heavy atom. The van der Waals surface area contributed by atoms with E-state index in [0.29, 0.717) is 11.6 Å². The van der Waals surface area contributed by atoms with Crippen molar-refractivity contribution in [1.82, 2.24) is 4.90 Å². The first-order chi connectivity index (χ1) is 14.6. The second-order valence-electron chi connectivity index (χ2n) is 7.12. The highest BCUT2D eigenvalue weighted by molar-refractivity contribution is 9.10. The molecule has 0 bridgehead atoms. The van der Waals surface area contributed by atoms with Gasteiger partial charge in [0, 0.05) is 15.2 Å². The number of hydrogen-bond donors (Lipinski definition) is 1. The summed E-state index contributed by atoms with van der Waals surface area (Å²) >= 11 is 9.72. The van der Waals surface area contributed by atoms with Gasteiger partial charge >= 0.3 is 5.97 Å². The van der Waals surface area contributed by atoms with Crippen LogP contribution >= 0.6 is 27.5 Å². The minimum atomic E-state index is -0.252. The summed E-state index contributed by atoms with van der Waals surface area (Å²) in [6.45, 7) is 2.33. The van der Waals surface area contributed by atoms with Gasteiger partial charge in [0.05, 0.1) is 19.2 Å². The van der Waals surface area contributed by atoms with Crippen LogP contribution < -0.4 is 5.32 Å². The number of carbonyl (C=O) groups excluding carboxylic acids is 1. The van der Waals surface area contributed by atoms with Gasteiger partial charge in [-0.25, -0.2) is 0 Å². The van der Waals surface area contributed by atoms with E-state index in [1.54, 1.807) is 0 Å². The second-order valence-corrected chi connectivity index (χ2v) is 8.47. The third-order valence-corrected chi connectivity index (χ3v) is 5.93. The van der Waals surface area contributed by atoms with Crippen LogP contribution in [0.3, 0.4) is 0 Å². The molecule has 3 aromatic carbocycles. The molecule has 154 valence electrons. The van der Waals surface area contributed by atoms with Crippen molar-refractivity contribution < 1.29 is 9.53 Å². The molecule has 4 nitrogen and oxygen atoms in total. The van der Waals surface area contributed by atoms with Crippen molar-refractivity contribution in [2.75, 3.05) is 18.5 Å². The molecular formula is C24H22BrClN2O2. The number of ether oxygens (including phenoxy) is 1. The fraction of sp³-hybridized carbons (Fsp3) is 0.208. The van der Waals surface area contributed by atoms with E-state index >= 15 is 0 Å². The largest absolute Gasteiger partial charge is 0.465 e. The van der Waals surface area contributed by atoms with E-state index in [0.717, 1.165) is 26.9 Å². The van der Waals surface area contributed by atoms with E-state index in [1.807, 2.05) is 55.5 Å². The van der Waals surface area contributed by atoms with Crippen molar-refractivity contribution in [2.24, 2.45) is 0 Å². The molecule has 0 saturated carbocycles. The molecule has 0 spiro atoms. The fourth-order valence-corrected chi connectivity index (χ4v) is 4.42. The minimum absolute atomic E-state index is 0.120. The standard InChI is InChI=1S/C24H22BrClN2O2/c1-2-30-22(29)15-28-23(16-6-4-3-5-7-16)20-14-18(25)10-13-21(20)27-24(28)17-8-11-19(26)12-9-17/h3-14,23-24,27H,2,15H2,1H3/t23-,24+/m1/s1. The molecular weight excluding hydrogens is 464 g/mol. The van der Waals surface area contributed by atoms with Gasteiger partial charge in [-0.15, -0.1) is 0 Å². The van der Waals surface area contributed by atoms with Crippen LogP contribution in [-0.2, 0) is 9.53 Å². The molecule has 30 heavy (non-hydrogen) atoms. The zero-order valence-corrected chi connectivity index (χ0v) is 18.9. The second kappa shape index (κ2) is 9.21. The maximum Gasteiger partial charge on any atom is 0.320 e. The van der Waals surface area contributed by atoms with Gasteiger partial charge in [0.25, 0.3) is 0 Å². The molecule has 3 aromatic rings. The Hall–Kier alpha value is -2.34. The number of halogens is 2. The number of hydrogen-bond acceptors (Lipinski definition) is 4. The lowest BCUT2D eigenvalue weighted by atomic mass is 9.91. The van der Waals surface area contributed by atoms with Gasteiger partial charge in [-0.05, 0) is 53.9 Å². The lowest BCUT2D eigenvalue weighted by Gasteiger charge is -2.44. The Morgan fingerprint density at radius 1 is 1.07 bits per heavy atom. The van der Waals surface area contributed by atoms with Gasteiger partial charge in [0.2, 0.25) is 0 Å². The van der Waals surface area contributed by atoms with Crippen molar-refractivity contribution in [1.29, 1.82) is 0 Å². The van der Waals surface area contributed by atoms with E-state index in [9.17, 15) is 4.79 Å². The Morgan fingerprint density at radius 3 is 2.50 bits per heavy atom. The van der Waals surface area contributed by atoms with Gasteiger partial charge in [-0.1, -0.05) is 70.0 Å². The summed E-state index contributed by atoms with van der Waals surface area (Å²) in [5.41, 5.74) is 4.28. The third kappa shape index (κ3) is 4.38. The average Bonchev–Trinajstić information content (AvgIpc) is 2.75. The molecule has 0 amide bonds. The Labute approximate surface area is 189 Å². The molecule has 1 aliphatic heterocycles. The summed E-state index contributed by atoms with van der Waals surface area (Å²) in [6.07, 6.45) is -0.217. The summed E-state index contributed by atoms with van der Waals surface area (Å²) < 4.78 is 6.30. The maximum absolute atomic E-state index is 12.6. The van der Waals surface area contributed by atoms with Gasteiger partial charge in [-0.2, -0.15) is 0 Å². The number of carbonyl (C=O) groups is 1. The van der Waals surface area contributed by atoms with Crippen molar-refractivity contribution in [2.45, 2.75) is 19.1 Å². The Bertz CT molecular complexity index is 1030. The first-order valence-corrected chi connectivity index (χ1v) is 11.0. The molecule has 0 aliphatic carbocycles. The van der Waals surface area contributed by atoms with Crippen LogP contribution in [0.2, 0.25) is 5.02 Å². The van der Waals surface area contributed by atoms with Crippen molar-refractivity contribution >= 4 is 39.2 Å². The quantitative estimate of drug-likeness (QED) is 0.438. The first-order valence-electron chi connectivity index (χ1n) is 9.84. The predicted molar refractivity (Wildman–Crippen MR) is 124 cm³/mol. The van der Waals surface area contributed by atoms with Crippen molar-refractivity contribution in [3.8, 4) is 0 Å². The molecule has 0 aromatic heterocycles. The van der Waals surface area contributed by atoms with Crippen LogP contribution in [0.4, 0.5) is 5.69 Å². The summed E-state index contributed by atoms with van der Waals surface area (Å²) in [6, 6.07) is 24.0. The van der Waals surface area contributed by atoms with E-state index in [2.05, 4.69) is 50.4 Å². The van der Waals surface area contributed by atoms with Gasteiger partial charge in [-0.3, -0.25) is 9.69 Å². The van der Waals surface area contributed by atoms with Gasteiger partial charge in [0.15, 0.2) is 0 Å². The van der Waals surface area contributed by atoms with Gasteiger partial charge in [0.1, 0.15) is 6.17 Å². The van der Waals surface area contributed by atoms with Crippen LogP contribution in [0.25, 0.3) is 0 Å². The summed E-state index contributed by atoms with van der Waals surface area (Å²) in [5.74, 6) is -0.252. The molecule has 1 heterocycles. The first kappa shape index (κ1) is 20.9. The summed E-state index contributed by atoms with van der Waals surface area (Å²) in [7, 11) is 0. The minimum Gasteiger partial charge on any atom is -0.465 e. The van der Waals surface area contributed by atoms with Gasteiger partial charge < -0.3 is 10.1 Å². The van der Waals surface area contributed by atoms with Crippen LogP contribution in [0.1, 0.15) is 35.8 Å². The number of fused-ring (bicyclic) bond motifs is 1. The highest BCUT2D eigenvalue weighted by atomic mass is 79.9. The highest BCUT2D eigenvalue weighted by Gasteiger charge is 2.37. The zero-order valence-electron chi connectivity index (χ0n) is 16.5. The van der Waals surface area contributed by atoms with Crippen molar-refractivity contribution in [3.63, 3.8) is 0 Å². The molecule has 0 fully saturated rings. The zero-order chi connectivity index (χ0) is 21.1. The van der Waals surface area contributed by atoms with E-state index in [1.165, 1.54) is 0 Å². The molecule has 1 N–H and O–H groups in total. The molecule has 1 aliphatic rings. The van der Waals surface area contributed by atoms with E-state index in [4.69, 9.17) is 16.3 Å². The topological polar surface area (TPSA) is 41.6 Å². The van der Waals surface area contributed by atoms with Crippen LogP contribution in [0.5, 0.6) is 0 Å². The number of anilines is 1. The Kier molecular flexibility index (Phi) is 6.42. The highest BCUT2D eigenvalue weighted by Crippen LogP contribution is 2.44. The fourth-order valence-electron chi connectivity index (χ4n) is 3.91. The van der Waals surface area contributed by atoms with Crippen LogP contribution in [-0.4, -0.2) is 24.0 Å². The summed E-state index contributed by atoms with van der Waals surface area (Å²) in [5, 5.41) is 4.29. The summed E-state index contributed by atoms with van der Waals surface area (Å²) in [4.78, 5) is 14.7. The van der Waals surface area contributed by atoms with Crippen LogP contribution in [0.15, 0.2) is 77.3 Å². The molecule has 6 heteroatoms. The number of nitrogens with zero attached hydrogens (tertiary/aromatic N) is 1. The predicted octanol–water partition coefficient (Wildman–Crippen LogP) is 6.18. The van der Waals surface area contributed by atoms with E-state index < -0.39 is 0 Å². The lowest BCUT2D eigenvalue weighted by Crippen LogP contribution is -2.44. The van der Waals surface area contributed by atoms with E-state index in [-0.39, 0.29) is 24.7 Å². The number of rotatable bonds is 5.